The zero-order valence-electron chi connectivity index (χ0n) is 16.1. The summed E-state index contributed by atoms with van der Waals surface area (Å²) in [5.41, 5.74) is 1.50. The molecule has 1 N–H and O–H groups in total. The molecule has 0 bridgehead atoms. The monoisotopic (exact) mass is 431 g/mol. The van der Waals surface area contributed by atoms with Crippen LogP contribution < -0.4 is 5.32 Å². The minimum Gasteiger partial charge on any atom is -0.461 e. The maximum atomic E-state index is 13.2. The Kier molecular flexibility index (Phi) is 5.60. The predicted molar refractivity (Wildman–Crippen MR) is 111 cm³/mol. The number of fused-ring (bicyclic) bond motifs is 1. The van der Waals surface area contributed by atoms with Crippen molar-refractivity contribution in [2.75, 3.05) is 18.5 Å². The highest BCUT2D eigenvalue weighted by molar-refractivity contribution is 8.00. The molecular weight excluding hydrogens is 410 g/mol. The summed E-state index contributed by atoms with van der Waals surface area (Å²) in [7, 11) is 0. The lowest BCUT2D eigenvalue weighted by atomic mass is 10.1. The second-order valence-corrected chi connectivity index (χ2v) is 9.18. The van der Waals surface area contributed by atoms with Gasteiger partial charge < -0.3 is 15.0 Å². The summed E-state index contributed by atoms with van der Waals surface area (Å²) >= 11 is 2.86. The number of aromatic nitrogens is 1. The van der Waals surface area contributed by atoms with E-state index >= 15 is 0 Å². The molecule has 0 aliphatic carbocycles. The fourth-order valence-electron chi connectivity index (χ4n) is 3.51. The molecule has 9 heteroatoms. The molecule has 4 rings (SSSR count). The molecule has 2 aliphatic heterocycles. The minimum absolute atomic E-state index is 0.0552. The maximum absolute atomic E-state index is 13.2. The van der Waals surface area contributed by atoms with E-state index in [9.17, 15) is 14.4 Å². The smallest absolute Gasteiger partial charge is 0.357 e. The first-order valence-electron chi connectivity index (χ1n) is 9.53. The van der Waals surface area contributed by atoms with Gasteiger partial charge in [0.2, 0.25) is 5.91 Å². The van der Waals surface area contributed by atoms with Crippen LogP contribution in [0.3, 0.4) is 0 Å². The Morgan fingerprint density at radius 1 is 1.38 bits per heavy atom. The summed E-state index contributed by atoms with van der Waals surface area (Å²) < 4.78 is 5.00. The summed E-state index contributed by atoms with van der Waals surface area (Å²) in [6, 6.07) is 5.28. The van der Waals surface area contributed by atoms with Crippen molar-refractivity contribution in [2.24, 2.45) is 0 Å². The number of thioether (sulfide) groups is 1. The molecule has 1 saturated heterocycles. The SMILES string of the molecule is CCOC(=O)c1csc([C@@H]2CCCN2C(=O)c2ccc3c(c2)NC(=O)[C@H](C)S3)n1. The third-order valence-corrected chi connectivity index (χ3v) is 7.09. The number of nitrogens with one attached hydrogen (secondary N) is 1. The number of carbonyl (C=O) groups is 3. The normalized spacial score (nSPS) is 20.9. The average molecular weight is 432 g/mol. The van der Waals surface area contributed by atoms with Gasteiger partial charge in [-0.05, 0) is 44.9 Å². The van der Waals surface area contributed by atoms with Gasteiger partial charge in [0, 0.05) is 22.4 Å². The zero-order chi connectivity index (χ0) is 20.5. The van der Waals surface area contributed by atoms with E-state index in [1.165, 1.54) is 23.1 Å². The molecule has 0 radical (unpaired) electrons. The van der Waals surface area contributed by atoms with Gasteiger partial charge in [-0.15, -0.1) is 23.1 Å². The maximum Gasteiger partial charge on any atom is 0.357 e. The van der Waals surface area contributed by atoms with E-state index < -0.39 is 5.97 Å². The molecule has 7 nitrogen and oxygen atoms in total. The summed E-state index contributed by atoms with van der Waals surface area (Å²) in [6.07, 6.45) is 1.68. The topological polar surface area (TPSA) is 88.6 Å². The number of ether oxygens (including phenoxy) is 1. The molecule has 29 heavy (non-hydrogen) atoms. The van der Waals surface area contributed by atoms with Crippen LogP contribution in [0.5, 0.6) is 0 Å². The number of hydrogen-bond donors (Lipinski definition) is 1. The summed E-state index contributed by atoms with van der Waals surface area (Å²) in [4.78, 5) is 44.2. The number of esters is 1. The van der Waals surface area contributed by atoms with E-state index in [0.717, 1.165) is 22.7 Å². The Morgan fingerprint density at radius 2 is 2.21 bits per heavy atom. The first-order chi connectivity index (χ1) is 14.0. The molecular formula is C20H21N3O4S2. The number of nitrogens with zero attached hydrogens (tertiary/aromatic N) is 2. The quantitative estimate of drug-likeness (QED) is 0.742. The lowest BCUT2D eigenvalue weighted by Crippen LogP contribution is -2.31. The fourth-order valence-corrected chi connectivity index (χ4v) is 5.38. The molecule has 1 aromatic carbocycles. The number of anilines is 1. The van der Waals surface area contributed by atoms with Gasteiger partial charge >= 0.3 is 5.97 Å². The van der Waals surface area contributed by atoms with Crippen molar-refractivity contribution in [3.63, 3.8) is 0 Å². The Bertz CT molecular complexity index is 974. The van der Waals surface area contributed by atoms with Crippen molar-refractivity contribution in [1.82, 2.24) is 9.88 Å². The van der Waals surface area contributed by atoms with Crippen LogP contribution in [0, 0.1) is 0 Å². The highest BCUT2D eigenvalue weighted by Crippen LogP contribution is 2.38. The molecule has 2 amide bonds. The molecule has 2 aromatic rings. The fraction of sp³-hybridized carbons (Fsp3) is 0.400. The van der Waals surface area contributed by atoms with Crippen LogP contribution >= 0.6 is 23.1 Å². The summed E-state index contributed by atoms with van der Waals surface area (Å²) in [5, 5.41) is 5.15. The van der Waals surface area contributed by atoms with Gasteiger partial charge in [0.1, 0.15) is 5.01 Å². The first kappa shape index (κ1) is 19.9. The van der Waals surface area contributed by atoms with Crippen LogP contribution in [0.25, 0.3) is 0 Å². The van der Waals surface area contributed by atoms with Crippen molar-refractivity contribution in [3.05, 3.63) is 39.8 Å². The highest BCUT2D eigenvalue weighted by Gasteiger charge is 2.34. The van der Waals surface area contributed by atoms with Crippen molar-refractivity contribution >= 4 is 46.6 Å². The van der Waals surface area contributed by atoms with Crippen LogP contribution in [-0.4, -0.2) is 46.1 Å². The number of rotatable bonds is 4. The van der Waals surface area contributed by atoms with Crippen molar-refractivity contribution in [1.29, 1.82) is 0 Å². The van der Waals surface area contributed by atoms with E-state index in [-0.39, 0.29) is 28.8 Å². The Labute approximate surface area is 176 Å². The van der Waals surface area contributed by atoms with Crippen molar-refractivity contribution in [3.8, 4) is 0 Å². The van der Waals surface area contributed by atoms with Gasteiger partial charge in [0.25, 0.3) is 5.91 Å². The van der Waals surface area contributed by atoms with Gasteiger partial charge in [-0.3, -0.25) is 9.59 Å². The third kappa shape index (κ3) is 3.89. The lowest BCUT2D eigenvalue weighted by molar-refractivity contribution is -0.115. The van der Waals surface area contributed by atoms with Crippen molar-refractivity contribution < 1.29 is 19.1 Å². The largest absolute Gasteiger partial charge is 0.461 e. The van der Waals surface area contributed by atoms with Crippen LogP contribution in [0.4, 0.5) is 5.69 Å². The first-order valence-corrected chi connectivity index (χ1v) is 11.3. The summed E-state index contributed by atoms with van der Waals surface area (Å²) in [5.74, 6) is -0.593. The van der Waals surface area contributed by atoms with Crippen LogP contribution in [0.15, 0.2) is 28.5 Å². The van der Waals surface area contributed by atoms with E-state index in [1.807, 2.05) is 13.0 Å². The Balaban J connectivity index is 1.55. The van der Waals surface area contributed by atoms with Gasteiger partial charge in [0.15, 0.2) is 5.69 Å². The number of amides is 2. The van der Waals surface area contributed by atoms with Crippen LogP contribution in [0.2, 0.25) is 0 Å². The highest BCUT2D eigenvalue weighted by atomic mass is 32.2. The van der Waals surface area contributed by atoms with Crippen molar-refractivity contribution in [2.45, 2.75) is 42.9 Å². The number of benzene rings is 1. The van der Waals surface area contributed by atoms with Crippen LogP contribution in [-0.2, 0) is 9.53 Å². The Hall–Kier alpha value is -2.39. The molecule has 1 aromatic heterocycles. The molecule has 2 atom stereocenters. The molecule has 152 valence electrons. The summed E-state index contributed by atoms with van der Waals surface area (Å²) in [6.45, 7) is 4.54. The second kappa shape index (κ2) is 8.16. The van der Waals surface area contributed by atoms with Gasteiger partial charge in [-0.2, -0.15) is 0 Å². The molecule has 2 aliphatic rings. The lowest BCUT2D eigenvalue weighted by Gasteiger charge is -2.25. The minimum atomic E-state index is -0.442. The van der Waals surface area contributed by atoms with E-state index in [4.69, 9.17) is 4.74 Å². The van der Waals surface area contributed by atoms with E-state index in [1.54, 1.807) is 29.3 Å². The average Bonchev–Trinajstić information content (AvgIpc) is 3.37. The third-order valence-electron chi connectivity index (χ3n) is 4.96. The second-order valence-electron chi connectivity index (χ2n) is 6.91. The number of hydrogen-bond acceptors (Lipinski definition) is 7. The van der Waals surface area contributed by atoms with E-state index in [2.05, 4.69) is 10.3 Å². The van der Waals surface area contributed by atoms with E-state index in [0.29, 0.717) is 24.4 Å². The van der Waals surface area contributed by atoms with Gasteiger partial charge in [0.05, 0.1) is 23.6 Å². The number of thiazole rings is 1. The zero-order valence-corrected chi connectivity index (χ0v) is 17.8. The molecule has 0 spiro atoms. The van der Waals surface area contributed by atoms with Crippen LogP contribution in [0.1, 0.15) is 58.6 Å². The predicted octanol–water partition coefficient (Wildman–Crippen LogP) is 3.73. The number of carbonyl (C=O) groups excluding carboxylic acids is 3. The molecule has 0 saturated carbocycles. The number of likely N-dealkylation sites (tertiary alicyclic amines) is 1. The molecule has 3 heterocycles. The van der Waals surface area contributed by atoms with Gasteiger partial charge in [-0.25, -0.2) is 9.78 Å². The molecule has 1 fully saturated rings. The van der Waals surface area contributed by atoms with Gasteiger partial charge in [-0.1, -0.05) is 0 Å². The standard InChI is InChI=1S/C20H21N3O4S2/c1-3-27-20(26)14-10-28-18(22-14)15-5-4-8-23(15)19(25)12-6-7-16-13(9-12)21-17(24)11(2)29-16/h6-7,9-11,15H,3-5,8H2,1-2H3,(H,21,24)/t11-,15-/m0/s1. The molecule has 0 unspecified atom stereocenters. The Morgan fingerprint density at radius 3 is 3.00 bits per heavy atom.